The summed E-state index contributed by atoms with van der Waals surface area (Å²) < 4.78 is 0. The molecule has 148 valence electrons. The number of nitrogens with one attached hydrogen (secondary N) is 2. The second-order valence-electron chi connectivity index (χ2n) is 6.39. The van der Waals surface area contributed by atoms with Gasteiger partial charge in [-0.1, -0.05) is 55.5 Å². The van der Waals surface area contributed by atoms with Crippen molar-refractivity contribution in [2.45, 2.75) is 24.4 Å². The van der Waals surface area contributed by atoms with Gasteiger partial charge in [-0.05, 0) is 35.6 Å². The van der Waals surface area contributed by atoms with Gasteiger partial charge in [0, 0.05) is 23.9 Å². The van der Waals surface area contributed by atoms with Crippen molar-refractivity contribution in [3.05, 3.63) is 90.1 Å². The third kappa shape index (κ3) is 6.19. The van der Waals surface area contributed by atoms with Gasteiger partial charge in [0.2, 0.25) is 5.91 Å². The van der Waals surface area contributed by atoms with Crippen LogP contribution in [0.3, 0.4) is 0 Å². The van der Waals surface area contributed by atoms with Crippen molar-refractivity contribution in [1.82, 2.24) is 10.3 Å². The van der Waals surface area contributed by atoms with E-state index in [1.807, 2.05) is 67.6 Å². The first kappa shape index (κ1) is 20.6. The summed E-state index contributed by atoms with van der Waals surface area (Å²) in [6, 6.07) is 21.6. The van der Waals surface area contributed by atoms with E-state index in [4.69, 9.17) is 0 Å². The Morgan fingerprint density at radius 3 is 2.38 bits per heavy atom. The molecule has 1 atom stereocenters. The van der Waals surface area contributed by atoms with Crippen molar-refractivity contribution in [3.63, 3.8) is 0 Å². The smallest absolute Gasteiger partial charge is 0.252 e. The lowest BCUT2D eigenvalue weighted by Crippen LogP contribution is -2.45. The number of amides is 2. The quantitative estimate of drug-likeness (QED) is 0.552. The Balaban J connectivity index is 1.77. The average Bonchev–Trinajstić information content (AvgIpc) is 2.75. The SMILES string of the molecule is CCSc1cc(C(=O)NC(Cc2ccccc2)C(=O)Nc2ccccc2)ccn1. The molecule has 0 radical (unpaired) electrons. The highest BCUT2D eigenvalue weighted by molar-refractivity contribution is 7.99. The minimum atomic E-state index is -0.708. The molecule has 5 nitrogen and oxygen atoms in total. The molecule has 3 rings (SSSR count). The van der Waals surface area contributed by atoms with E-state index < -0.39 is 6.04 Å². The lowest BCUT2D eigenvalue weighted by atomic mass is 10.0. The number of pyridine rings is 1. The fraction of sp³-hybridized carbons (Fsp3) is 0.174. The van der Waals surface area contributed by atoms with E-state index in [-0.39, 0.29) is 11.8 Å². The number of hydrogen-bond acceptors (Lipinski definition) is 4. The number of rotatable bonds is 8. The summed E-state index contributed by atoms with van der Waals surface area (Å²) >= 11 is 1.57. The third-order valence-corrected chi connectivity index (χ3v) is 5.04. The fourth-order valence-electron chi connectivity index (χ4n) is 2.83. The van der Waals surface area contributed by atoms with Gasteiger partial charge in [0.05, 0.1) is 5.03 Å². The van der Waals surface area contributed by atoms with Crippen LogP contribution < -0.4 is 10.6 Å². The molecule has 2 N–H and O–H groups in total. The molecule has 0 fully saturated rings. The molecular formula is C23H23N3O2S. The highest BCUT2D eigenvalue weighted by atomic mass is 32.2. The zero-order valence-corrected chi connectivity index (χ0v) is 17.0. The Morgan fingerprint density at radius 2 is 1.69 bits per heavy atom. The van der Waals surface area contributed by atoms with Crippen LogP contribution in [0.5, 0.6) is 0 Å². The van der Waals surface area contributed by atoms with Crippen LogP contribution in [0.25, 0.3) is 0 Å². The largest absolute Gasteiger partial charge is 0.340 e. The van der Waals surface area contributed by atoms with Crippen molar-refractivity contribution in [2.75, 3.05) is 11.1 Å². The molecule has 1 heterocycles. The van der Waals surface area contributed by atoms with E-state index in [9.17, 15) is 9.59 Å². The van der Waals surface area contributed by atoms with Crippen LogP contribution in [0, 0.1) is 0 Å². The van der Waals surface area contributed by atoms with E-state index in [1.165, 1.54) is 0 Å². The molecule has 1 aromatic heterocycles. The Morgan fingerprint density at radius 1 is 1.00 bits per heavy atom. The van der Waals surface area contributed by atoms with E-state index in [1.54, 1.807) is 30.1 Å². The van der Waals surface area contributed by atoms with Crippen LogP contribution in [0.15, 0.2) is 84.0 Å². The molecule has 0 aliphatic rings. The summed E-state index contributed by atoms with van der Waals surface area (Å²) in [4.78, 5) is 30.0. The van der Waals surface area contributed by atoms with Crippen molar-refractivity contribution in [2.24, 2.45) is 0 Å². The molecule has 6 heteroatoms. The number of nitrogens with zero attached hydrogens (tertiary/aromatic N) is 1. The minimum Gasteiger partial charge on any atom is -0.340 e. The third-order valence-electron chi connectivity index (χ3n) is 4.24. The summed E-state index contributed by atoms with van der Waals surface area (Å²) in [6.45, 7) is 2.03. The first-order chi connectivity index (χ1) is 14.2. The number of aromatic nitrogens is 1. The summed E-state index contributed by atoms with van der Waals surface area (Å²) in [7, 11) is 0. The average molecular weight is 406 g/mol. The van der Waals surface area contributed by atoms with Crippen LogP contribution in [-0.2, 0) is 11.2 Å². The number of para-hydroxylation sites is 1. The highest BCUT2D eigenvalue weighted by Gasteiger charge is 2.22. The van der Waals surface area contributed by atoms with Gasteiger partial charge in [-0.2, -0.15) is 0 Å². The molecule has 0 aliphatic carbocycles. The second kappa shape index (κ2) is 10.4. The number of thioether (sulfide) groups is 1. The van der Waals surface area contributed by atoms with Gasteiger partial charge in [-0.15, -0.1) is 11.8 Å². The number of anilines is 1. The van der Waals surface area contributed by atoms with E-state index >= 15 is 0 Å². The zero-order chi connectivity index (χ0) is 20.5. The van der Waals surface area contributed by atoms with Crippen LogP contribution in [0.4, 0.5) is 5.69 Å². The summed E-state index contributed by atoms with van der Waals surface area (Å²) in [5.41, 5.74) is 2.15. The Kier molecular flexibility index (Phi) is 7.41. The van der Waals surface area contributed by atoms with Gasteiger partial charge in [0.15, 0.2) is 0 Å². The standard InChI is InChI=1S/C23H23N3O2S/c1-2-29-21-16-18(13-14-24-21)22(27)26-20(15-17-9-5-3-6-10-17)23(28)25-19-11-7-4-8-12-19/h3-14,16,20H,2,15H2,1H3,(H,25,28)(H,26,27). The van der Waals surface area contributed by atoms with Crippen LogP contribution in [0.1, 0.15) is 22.8 Å². The number of hydrogen-bond donors (Lipinski definition) is 2. The highest BCUT2D eigenvalue weighted by Crippen LogP contribution is 2.16. The van der Waals surface area contributed by atoms with Crippen molar-refractivity contribution < 1.29 is 9.59 Å². The number of carbonyl (C=O) groups is 2. The predicted molar refractivity (Wildman–Crippen MR) is 117 cm³/mol. The Hall–Kier alpha value is -3.12. The maximum Gasteiger partial charge on any atom is 0.252 e. The van der Waals surface area contributed by atoms with Crippen LogP contribution in [-0.4, -0.2) is 28.6 Å². The molecule has 1 unspecified atom stereocenters. The van der Waals surface area contributed by atoms with Gasteiger partial charge in [0.25, 0.3) is 5.91 Å². The van der Waals surface area contributed by atoms with E-state index in [2.05, 4.69) is 15.6 Å². The molecule has 0 saturated heterocycles. The summed E-state index contributed by atoms with van der Waals surface area (Å²) in [5, 5.41) is 6.55. The molecule has 3 aromatic rings. The van der Waals surface area contributed by atoms with Gasteiger partial charge in [-0.25, -0.2) is 4.98 Å². The topological polar surface area (TPSA) is 71.1 Å². The maximum atomic E-state index is 12.9. The van der Waals surface area contributed by atoms with E-state index in [0.717, 1.165) is 16.3 Å². The van der Waals surface area contributed by atoms with Crippen LogP contribution >= 0.6 is 11.8 Å². The van der Waals surface area contributed by atoms with Gasteiger partial charge >= 0.3 is 0 Å². The Labute approximate surface area is 175 Å². The first-order valence-corrected chi connectivity index (χ1v) is 10.4. The van der Waals surface area contributed by atoms with Crippen molar-refractivity contribution in [3.8, 4) is 0 Å². The predicted octanol–water partition coefficient (Wildman–Crippen LogP) is 4.17. The van der Waals surface area contributed by atoms with E-state index in [0.29, 0.717) is 17.7 Å². The van der Waals surface area contributed by atoms with Crippen molar-refractivity contribution >= 4 is 29.3 Å². The van der Waals surface area contributed by atoms with Gasteiger partial charge < -0.3 is 10.6 Å². The maximum absolute atomic E-state index is 12.9. The first-order valence-electron chi connectivity index (χ1n) is 9.45. The second-order valence-corrected chi connectivity index (χ2v) is 7.67. The molecular weight excluding hydrogens is 382 g/mol. The Bertz CT molecular complexity index is 949. The monoisotopic (exact) mass is 405 g/mol. The molecule has 2 aromatic carbocycles. The zero-order valence-electron chi connectivity index (χ0n) is 16.2. The van der Waals surface area contributed by atoms with Crippen LogP contribution in [0.2, 0.25) is 0 Å². The van der Waals surface area contributed by atoms with Gasteiger partial charge in [-0.3, -0.25) is 9.59 Å². The van der Waals surface area contributed by atoms with Crippen molar-refractivity contribution in [1.29, 1.82) is 0 Å². The summed E-state index contributed by atoms with van der Waals surface area (Å²) in [6.07, 6.45) is 2.01. The number of carbonyl (C=O) groups excluding carboxylic acids is 2. The fourth-order valence-corrected chi connectivity index (χ4v) is 3.47. The molecule has 0 aliphatic heterocycles. The lowest BCUT2D eigenvalue weighted by Gasteiger charge is -2.19. The number of benzene rings is 2. The molecule has 0 spiro atoms. The lowest BCUT2D eigenvalue weighted by molar-refractivity contribution is -0.118. The molecule has 0 bridgehead atoms. The molecule has 29 heavy (non-hydrogen) atoms. The normalized spacial score (nSPS) is 11.5. The molecule has 2 amide bonds. The molecule has 0 saturated carbocycles. The summed E-state index contributed by atoms with van der Waals surface area (Å²) in [5.74, 6) is 0.314. The van der Waals surface area contributed by atoms with Gasteiger partial charge in [0.1, 0.15) is 6.04 Å². The minimum absolute atomic E-state index is 0.259.